The van der Waals surface area contributed by atoms with Gasteiger partial charge in [0.05, 0.1) is 5.60 Å². The van der Waals surface area contributed by atoms with Gasteiger partial charge < -0.3 is 10.1 Å². The summed E-state index contributed by atoms with van der Waals surface area (Å²) in [5.74, 6) is 1.89. The lowest BCUT2D eigenvalue weighted by Crippen LogP contribution is -2.44. The third-order valence-electron chi connectivity index (χ3n) is 3.85. The quantitative estimate of drug-likeness (QED) is 0.771. The molecule has 1 heterocycles. The van der Waals surface area contributed by atoms with Crippen molar-refractivity contribution < 1.29 is 4.74 Å². The summed E-state index contributed by atoms with van der Waals surface area (Å²) < 4.78 is 5.72. The molecule has 1 aliphatic carbocycles. The molecule has 0 amide bonds. The van der Waals surface area contributed by atoms with Gasteiger partial charge in [0.1, 0.15) is 0 Å². The van der Waals surface area contributed by atoms with Gasteiger partial charge in [-0.3, -0.25) is 0 Å². The van der Waals surface area contributed by atoms with Crippen LogP contribution in [0.4, 0.5) is 0 Å². The molecule has 2 nitrogen and oxygen atoms in total. The van der Waals surface area contributed by atoms with Crippen molar-refractivity contribution in [1.29, 1.82) is 0 Å². The Morgan fingerprint density at radius 2 is 2.07 bits per heavy atom. The fourth-order valence-corrected chi connectivity index (χ4v) is 2.59. The SMILES string of the molecule is CC(CNC1CCOC(C)(C)C1)C1CC1. The van der Waals surface area contributed by atoms with Gasteiger partial charge in [0.15, 0.2) is 0 Å². The lowest BCUT2D eigenvalue weighted by molar-refractivity contribution is -0.0631. The minimum Gasteiger partial charge on any atom is -0.375 e. The van der Waals surface area contributed by atoms with Gasteiger partial charge in [-0.25, -0.2) is 0 Å². The minimum atomic E-state index is 0.0821. The van der Waals surface area contributed by atoms with E-state index in [0.717, 1.165) is 24.9 Å². The molecule has 1 saturated heterocycles. The predicted molar refractivity (Wildman–Crippen MR) is 62.9 cm³/mol. The first kappa shape index (κ1) is 11.4. The summed E-state index contributed by atoms with van der Waals surface area (Å²) in [5.41, 5.74) is 0.0821. The van der Waals surface area contributed by atoms with E-state index in [9.17, 15) is 0 Å². The molecule has 0 spiro atoms. The zero-order valence-corrected chi connectivity index (χ0v) is 10.4. The lowest BCUT2D eigenvalue weighted by atomic mass is 9.93. The molecule has 15 heavy (non-hydrogen) atoms. The van der Waals surface area contributed by atoms with Gasteiger partial charge in [0.25, 0.3) is 0 Å². The number of ether oxygens (including phenoxy) is 1. The van der Waals surface area contributed by atoms with Gasteiger partial charge in [-0.15, -0.1) is 0 Å². The molecule has 2 atom stereocenters. The highest BCUT2D eigenvalue weighted by atomic mass is 16.5. The standard InChI is InChI=1S/C13H25NO/c1-10(11-4-5-11)9-14-12-6-7-15-13(2,3)8-12/h10-12,14H,4-9H2,1-3H3. The van der Waals surface area contributed by atoms with Crippen LogP contribution in [0.15, 0.2) is 0 Å². The van der Waals surface area contributed by atoms with E-state index in [-0.39, 0.29) is 5.60 Å². The van der Waals surface area contributed by atoms with E-state index in [2.05, 4.69) is 26.1 Å². The Kier molecular flexibility index (Phi) is 3.36. The van der Waals surface area contributed by atoms with Crippen LogP contribution in [0.2, 0.25) is 0 Å². The van der Waals surface area contributed by atoms with Crippen molar-refractivity contribution >= 4 is 0 Å². The normalized spacial score (nSPS) is 32.6. The minimum absolute atomic E-state index is 0.0821. The molecule has 0 aromatic carbocycles. The van der Waals surface area contributed by atoms with Gasteiger partial charge in [-0.1, -0.05) is 6.92 Å². The van der Waals surface area contributed by atoms with E-state index < -0.39 is 0 Å². The summed E-state index contributed by atoms with van der Waals surface area (Å²) in [7, 11) is 0. The zero-order valence-electron chi connectivity index (χ0n) is 10.4. The Bertz CT molecular complexity index is 211. The first-order chi connectivity index (χ1) is 7.07. The monoisotopic (exact) mass is 211 g/mol. The molecule has 2 rings (SSSR count). The van der Waals surface area contributed by atoms with Crippen LogP contribution in [0.5, 0.6) is 0 Å². The molecular weight excluding hydrogens is 186 g/mol. The van der Waals surface area contributed by atoms with Crippen molar-refractivity contribution in [1.82, 2.24) is 5.32 Å². The van der Waals surface area contributed by atoms with Crippen LogP contribution < -0.4 is 5.32 Å². The van der Waals surface area contributed by atoms with E-state index in [1.54, 1.807) is 0 Å². The molecule has 0 aromatic heterocycles. The Morgan fingerprint density at radius 1 is 1.33 bits per heavy atom. The molecule has 2 unspecified atom stereocenters. The highest BCUT2D eigenvalue weighted by molar-refractivity contribution is 4.85. The molecule has 2 fully saturated rings. The first-order valence-corrected chi connectivity index (χ1v) is 6.44. The van der Waals surface area contributed by atoms with Crippen molar-refractivity contribution in [3.05, 3.63) is 0 Å². The Morgan fingerprint density at radius 3 is 2.67 bits per heavy atom. The molecule has 1 saturated carbocycles. The second-order valence-corrected chi connectivity index (χ2v) is 6.02. The summed E-state index contributed by atoms with van der Waals surface area (Å²) in [5, 5.41) is 3.72. The number of nitrogens with one attached hydrogen (secondary N) is 1. The fourth-order valence-electron chi connectivity index (χ4n) is 2.59. The van der Waals surface area contributed by atoms with Gasteiger partial charge in [0, 0.05) is 12.6 Å². The van der Waals surface area contributed by atoms with Gasteiger partial charge >= 0.3 is 0 Å². The van der Waals surface area contributed by atoms with E-state index in [0.29, 0.717) is 6.04 Å². The molecule has 0 bridgehead atoms. The highest BCUT2D eigenvalue weighted by Crippen LogP contribution is 2.36. The first-order valence-electron chi connectivity index (χ1n) is 6.44. The van der Waals surface area contributed by atoms with Gasteiger partial charge in [0.2, 0.25) is 0 Å². The molecule has 88 valence electrons. The topological polar surface area (TPSA) is 21.3 Å². The van der Waals surface area contributed by atoms with Gasteiger partial charge in [-0.2, -0.15) is 0 Å². The lowest BCUT2D eigenvalue weighted by Gasteiger charge is -2.36. The molecule has 1 N–H and O–H groups in total. The predicted octanol–water partition coefficient (Wildman–Crippen LogP) is 2.58. The van der Waals surface area contributed by atoms with Crippen LogP contribution in [0.3, 0.4) is 0 Å². The number of rotatable bonds is 4. The molecule has 1 aliphatic heterocycles. The van der Waals surface area contributed by atoms with E-state index >= 15 is 0 Å². The van der Waals surface area contributed by atoms with Gasteiger partial charge in [-0.05, 0) is 57.9 Å². The van der Waals surface area contributed by atoms with Crippen molar-refractivity contribution in [3.63, 3.8) is 0 Å². The van der Waals surface area contributed by atoms with E-state index in [4.69, 9.17) is 4.74 Å². The zero-order chi connectivity index (χ0) is 10.9. The maximum Gasteiger partial charge on any atom is 0.0641 e. The van der Waals surface area contributed by atoms with Crippen LogP contribution in [0.25, 0.3) is 0 Å². The maximum atomic E-state index is 5.72. The molecule has 0 radical (unpaired) electrons. The molecule has 0 aromatic rings. The summed E-state index contributed by atoms with van der Waals surface area (Å²) in [6.07, 6.45) is 5.26. The second kappa shape index (κ2) is 4.42. The van der Waals surface area contributed by atoms with Crippen LogP contribution in [0.1, 0.15) is 46.5 Å². The summed E-state index contributed by atoms with van der Waals surface area (Å²) in [6.45, 7) is 8.90. The summed E-state index contributed by atoms with van der Waals surface area (Å²) in [4.78, 5) is 0. The Labute approximate surface area is 93.8 Å². The Hall–Kier alpha value is -0.0800. The number of hydrogen-bond donors (Lipinski definition) is 1. The van der Waals surface area contributed by atoms with Crippen molar-refractivity contribution in [2.75, 3.05) is 13.2 Å². The third-order valence-corrected chi connectivity index (χ3v) is 3.85. The number of hydrogen-bond acceptors (Lipinski definition) is 2. The van der Waals surface area contributed by atoms with Crippen molar-refractivity contribution in [3.8, 4) is 0 Å². The van der Waals surface area contributed by atoms with E-state index in [1.807, 2.05) is 0 Å². The van der Waals surface area contributed by atoms with Crippen LogP contribution >= 0.6 is 0 Å². The van der Waals surface area contributed by atoms with Crippen molar-refractivity contribution in [2.45, 2.75) is 58.1 Å². The maximum absolute atomic E-state index is 5.72. The van der Waals surface area contributed by atoms with E-state index in [1.165, 1.54) is 25.8 Å². The molecular formula is C13H25NO. The third kappa shape index (κ3) is 3.46. The summed E-state index contributed by atoms with van der Waals surface area (Å²) in [6, 6.07) is 0.676. The van der Waals surface area contributed by atoms with Crippen LogP contribution in [-0.4, -0.2) is 24.8 Å². The average molecular weight is 211 g/mol. The smallest absolute Gasteiger partial charge is 0.0641 e. The van der Waals surface area contributed by atoms with Crippen LogP contribution in [0, 0.1) is 11.8 Å². The molecule has 2 heteroatoms. The largest absolute Gasteiger partial charge is 0.375 e. The molecule has 2 aliphatic rings. The second-order valence-electron chi connectivity index (χ2n) is 6.02. The average Bonchev–Trinajstić information content (AvgIpc) is 2.95. The van der Waals surface area contributed by atoms with Crippen molar-refractivity contribution in [2.24, 2.45) is 11.8 Å². The van der Waals surface area contributed by atoms with Crippen LogP contribution in [-0.2, 0) is 4.74 Å². The Balaban J connectivity index is 1.69. The highest BCUT2D eigenvalue weighted by Gasteiger charge is 2.31. The fraction of sp³-hybridized carbons (Fsp3) is 1.00. The summed E-state index contributed by atoms with van der Waals surface area (Å²) >= 11 is 0.